The summed E-state index contributed by atoms with van der Waals surface area (Å²) >= 11 is 0. The molecule has 0 aromatic carbocycles. The van der Waals surface area contributed by atoms with Crippen molar-refractivity contribution in [1.82, 2.24) is 0 Å². The van der Waals surface area contributed by atoms with Crippen LogP contribution in [-0.4, -0.2) is 61.1 Å². The molecule has 0 aliphatic rings. The Hall–Kier alpha value is -1.67. The van der Waals surface area contributed by atoms with Gasteiger partial charge in [-0.3, -0.25) is 9.59 Å². The second kappa shape index (κ2) is 37.1. The maximum atomic E-state index is 12.4. The molecule has 0 radical (unpaired) electrons. The highest BCUT2D eigenvalue weighted by Gasteiger charge is 2.16. The van der Waals surface area contributed by atoms with E-state index in [2.05, 4.69) is 27.7 Å². The van der Waals surface area contributed by atoms with Crippen LogP contribution in [0.1, 0.15) is 214 Å². The van der Waals surface area contributed by atoms with Gasteiger partial charge < -0.3 is 24.1 Å². The summed E-state index contributed by atoms with van der Waals surface area (Å²) in [6.45, 7) is 9.02. The number of carbonyl (C=O) groups excluding carboxylic acids is 3. The Morgan fingerprint density at radius 1 is 0.420 bits per heavy atom. The standard InChI is InChI=1S/C42H80O8/c1-5-9-26-37(27-10-6-2)48-40(44)32-23-19-15-13-17-21-30-39(50-42(46)36-47-35-25-34-43)31-22-18-14-16-20-24-33-41(45)49-38(28-11-7-3)29-12-8-4/h37-39,43H,5-36H2,1-4H3. The molecular weight excluding hydrogens is 632 g/mol. The molecule has 50 heavy (non-hydrogen) atoms. The molecule has 0 saturated carbocycles. The van der Waals surface area contributed by atoms with Gasteiger partial charge in [0.15, 0.2) is 0 Å². The minimum atomic E-state index is -0.329. The third kappa shape index (κ3) is 32.3. The van der Waals surface area contributed by atoms with E-state index in [0.717, 1.165) is 167 Å². The second-order valence-electron chi connectivity index (χ2n) is 14.4. The van der Waals surface area contributed by atoms with Gasteiger partial charge in [0.2, 0.25) is 0 Å². The third-order valence-corrected chi connectivity index (χ3v) is 9.39. The number of rotatable bonds is 38. The largest absolute Gasteiger partial charge is 0.462 e. The highest BCUT2D eigenvalue weighted by molar-refractivity contribution is 5.71. The number of aliphatic hydroxyl groups excluding tert-OH is 1. The third-order valence-electron chi connectivity index (χ3n) is 9.39. The van der Waals surface area contributed by atoms with Gasteiger partial charge in [-0.2, -0.15) is 0 Å². The fraction of sp³-hybridized carbons (Fsp3) is 0.929. The Bertz CT molecular complexity index is 707. The quantitative estimate of drug-likeness (QED) is 0.0383. The first kappa shape index (κ1) is 48.3. The molecule has 0 spiro atoms. The molecule has 0 aliphatic heterocycles. The summed E-state index contributed by atoms with van der Waals surface area (Å²) in [6.07, 6.45) is 28.6. The number of aliphatic hydroxyl groups is 1. The van der Waals surface area contributed by atoms with Crippen LogP contribution in [0.3, 0.4) is 0 Å². The van der Waals surface area contributed by atoms with Gasteiger partial charge >= 0.3 is 17.9 Å². The van der Waals surface area contributed by atoms with Crippen LogP contribution in [0.25, 0.3) is 0 Å². The summed E-state index contributed by atoms with van der Waals surface area (Å²) in [4.78, 5) is 37.1. The number of hydrogen-bond donors (Lipinski definition) is 1. The molecule has 0 aliphatic carbocycles. The van der Waals surface area contributed by atoms with Gasteiger partial charge in [-0.15, -0.1) is 0 Å². The molecular formula is C42H80O8. The predicted octanol–water partition coefficient (Wildman–Crippen LogP) is 11.1. The summed E-state index contributed by atoms with van der Waals surface area (Å²) in [6, 6.07) is 0. The zero-order chi connectivity index (χ0) is 36.9. The normalized spacial score (nSPS) is 11.5. The Kier molecular flexibility index (Phi) is 35.9. The zero-order valence-corrected chi connectivity index (χ0v) is 33.2. The average Bonchev–Trinajstić information content (AvgIpc) is 3.10. The molecule has 296 valence electrons. The second-order valence-corrected chi connectivity index (χ2v) is 14.4. The van der Waals surface area contributed by atoms with E-state index >= 15 is 0 Å². The van der Waals surface area contributed by atoms with E-state index in [1.54, 1.807) is 0 Å². The van der Waals surface area contributed by atoms with E-state index in [1.165, 1.54) is 0 Å². The maximum absolute atomic E-state index is 12.4. The fourth-order valence-corrected chi connectivity index (χ4v) is 6.24. The van der Waals surface area contributed by atoms with Crippen LogP contribution in [0.5, 0.6) is 0 Å². The monoisotopic (exact) mass is 713 g/mol. The van der Waals surface area contributed by atoms with E-state index in [4.69, 9.17) is 24.1 Å². The average molecular weight is 713 g/mol. The number of ether oxygens (including phenoxy) is 4. The fourth-order valence-electron chi connectivity index (χ4n) is 6.24. The molecule has 0 saturated heterocycles. The van der Waals surface area contributed by atoms with Crippen molar-refractivity contribution >= 4 is 17.9 Å². The van der Waals surface area contributed by atoms with Crippen molar-refractivity contribution in [2.24, 2.45) is 0 Å². The van der Waals surface area contributed by atoms with E-state index in [9.17, 15) is 14.4 Å². The van der Waals surface area contributed by atoms with Crippen molar-refractivity contribution in [3.05, 3.63) is 0 Å². The van der Waals surface area contributed by atoms with Crippen molar-refractivity contribution in [3.63, 3.8) is 0 Å². The summed E-state index contributed by atoms with van der Waals surface area (Å²) in [7, 11) is 0. The first-order chi connectivity index (χ1) is 24.4. The lowest BCUT2D eigenvalue weighted by Crippen LogP contribution is -2.22. The first-order valence-corrected chi connectivity index (χ1v) is 21.2. The minimum Gasteiger partial charge on any atom is -0.462 e. The van der Waals surface area contributed by atoms with Gasteiger partial charge in [0, 0.05) is 26.1 Å². The van der Waals surface area contributed by atoms with Crippen LogP contribution in [0.4, 0.5) is 0 Å². The van der Waals surface area contributed by atoms with Crippen molar-refractivity contribution < 1.29 is 38.4 Å². The minimum absolute atomic E-state index is 0.0408. The van der Waals surface area contributed by atoms with E-state index in [0.29, 0.717) is 25.9 Å². The molecule has 0 bridgehead atoms. The molecule has 0 amide bonds. The number of carbonyl (C=O) groups is 3. The molecule has 0 fully saturated rings. The van der Waals surface area contributed by atoms with Crippen molar-refractivity contribution in [1.29, 1.82) is 0 Å². The smallest absolute Gasteiger partial charge is 0.332 e. The topological polar surface area (TPSA) is 108 Å². The lowest BCUT2D eigenvalue weighted by molar-refractivity contribution is -0.155. The Morgan fingerprint density at radius 3 is 1.10 bits per heavy atom. The molecule has 8 nitrogen and oxygen atoms in total. The summed E-state index contributed by atoms with van der Waals surface area (Å²) in [5.74, 6) is -0.410. The van der Waals surface area contributed by atoms with E-state index < -0.39 is 0 Å². The number of esters is 3. The summed E-state index contributed by atoms with van der Waals surface area (Å²) < 4.78 is 22.7. The SMILES string of the molecule is CCCCC(CCCC)OC(=O)CCCCCCCCC(CCCCCCCCC(=O)OC(CCCC)CCCC)OC(=O)COCCCO. The van der Waals surface area contributed by atoms with Crippen LogP contribution in [0.15, 0.2) is 0 Å². The Balaban J connectivity index is 4.31. The molecule has 0 aromatic heterocycles. The highest BCUT2D eigenvalue weighted by Crippen LogP contribution is 2.19. The van der Waals surface area contributed by atoms with Gasteiger partial charge in [-0.25, -0.2) is 4.79 Å². The van der Waals surface area contributed by atoms with Gasteiger partial charge in [0.1, 0.15) is 24.9 Å². The van der Waals surface area contributed by atoms with Gasteiger partial charge in [-0.05, 0) is 70.6 Å². The van der Waals surface area contributed by atoms with Crippen molar-refractivity contribution in [3.8, 4) is 0 Å². The molecule has 0 heterocycles. The zero-order valence-electron chi connectivity index (χ0n) is 33.2. The molecule has 0 aromatic rings. The first-order valence-electron chi connectivity index (χ1n) is 21.2. The lowest BCUT2D eigenvalue weighted by Gasteiger charge is -2.18. The Labute approximate surface area is 307 Å². The molecule has 0 atom stereocenters. The molecule has 1 N–H and O–H groups in total. The number of hydrogen-bond acceptors (Lipinski definition) is 8. The molecule has 8 heteroatoms. The van der Waals surface area contributed by atoms with Crippen LogP contribution >= 0.6 is 0 Å². The van der Waals surface area contributed by atoms with Crippen molar-refractivity contribution in [2.45, 2.75) is 232 Å². The van der Waals surface area contributed by atoms with Crippen LogP contribution in [0, 0.1) is 0 Å². The van der Waals surface area contributed by atoms with Crippen LogP contribution < -0.4 is 0 Å². The molecule has 0 unspecified atom stereocenters. The van der Waals surface area contributed by atoms with Gasteiger partial charge in [-0.1, -0.05) is 130 Å². The van der Waals surface area contributed by atoms with Crippen molar-refractivity contribution in [2.75, 3.05) is 19.8 Å². The van der Waals surface area contributed by atoms with E-state index in [1.807, 2.05) is 0 Å². The Morgan fingerprint density at radius 2 is 0.740 bits per heavy atom. The van der Waals surface area contributed by atoms with Gasteiger partial charge in [0.05, 0.1) is 0 Å². The maximum Gasteiger partial charge on any atom is 0.332 e. The summed E-state index contributed by atoms with van der Waals surface area (Å²) in [5.41, 5.74) is 0. The van der Waals surface area contributed by atoms with Crippen LogP contribution in [-0.2, 0) is 33.3 Å². The summed E-state index contributed by atoms with van der Waals surface area (Å²) in [5, 5.41) is 8.93. The van der Waals surface area contributed by atoms with E-state index in [-0.39, 0.29) is 49.4 Å². The van der Waals surface area contributed by atoms with Gasteiger partial charge in [0.25, 0.3) is 0 Å². The molecule has 0 rings (SSSR count). The number of unbranched alkanes of at least 4 members (excludes halogenated alkanes) is 14. The predicted molar refractivity (Wildman–Crippen MR) is 204 cm³/mol. The highest BCUT2D eigenvalue weighted by atomic mass is 16.6. The lowest BCUT2D eigenvalue weighted by atomic mass is 10.0. The van der Waals surface area contributed by atoms with Crippen LogP contribution in [0.2, 0.25) is 0 Å².